The van der Waals surface area contributed by atoms with Crippen molar-refractivity contribution in [3.63, 3.8) is 0 Å². The molecule has 0 spiro atoms. The fourth-order valence-electron chi connectivity index (χ4n) is 3.77. The smallest absolute Gasteiger partial charge is 0.124 e. The Morgan fingerprint density at radius 1 is 1.05 bits per heavy atom. The summed E-state index contributed by atoms with van der Waals surface area (Å²) in [6.45, 7) is 9.24. The van der Waals surface area contributed by atoms with Crippen molar-refractivity contribution < 1.29 is 9.47 Å². The average molecular weight is 300 g/mol. The molecule has 0 radical (unpaired) electrons. The van der Waals surface area contributed by atoms with Crippen LogP contribution in [0.1, 0.15) is 45.6 Å². The monoisotopic (exact) mass is 300 g/mol. The van der Waals surface area contributed by atoms with Crippen LogP contribution in [0.3, 0.4) is 0 Å². The summed E-state index contributed by atoms with van der Waals surface area (Å²) in [5, 5.41) is 0. The second kappa shape index (κ2) is 6.45. The Kier molecular flexibility index (Phi) is 4.58. The Morgan fingerprint density at radius 3 is 2.68 bits per heavy atom. The number of para-hydroxylation sites is 1. The molecule has 0 aromatic heterocycles. The highest BCUT2D eigenvalue weighted by atomic mass is 16.5. The number of rotatable bonds is 0. The second-order valence-electron chi connectivity index (χ2n) is 7.51. The Balaban J connectivity index is 1.74. The van der Waals surface area contributed by atoms with Crippen LogP contribution in [0.15, 0.2) is 35.9 Å². The van der Waals surface area contributed by atoms with Gasteiger partial charge in [0.1, 0.15) is 5.75 Å². The molecular formula is C20H28O2. The van der Waals surface area contributed by atoms with Crippen LogP contribution in [0, 0.1) is 17.3 Å². The fourth-order valence-corrected chi connectivity index (χ4v) is 3.77. The maximum atomic E-state index is 5.99. The fraction of sp³-hybridized carbons (Fsp3) is 0.600. The van der Waals surface area contributed by atoms with Gasteiger partial charge in [-0.25, -0.2) is 0 Å². The molecule has 0 amide bonds. The first-order valence-electron chi connectivity index (χ1n) is 8.56. The van der Waals surface area contributed by atoms with Gasteiger partial charge >= 0.3 is 0 Å². The zero-order valence-electron chi connectivity index (χ0n) is 14.1. The van der Waals surface area contributed by atoms with Crippen molar-refractivity contribution in [2.45, 2.75) is 46.6 Å². The third-order valence-corrected chi connectivity index (χ3v) is 5.22. The highest BCUT2D eigenvalue weighted by Gasteiger charge is 2.38. The summed E-state index contributed by atoms with van der Waals surface area (Å²) >= 11 is 0. The number of hydrogen-bond donors (Lipinski definition) is 0. The van der Waals surface area contributed by atoms with E-state index in [-0.39, 0.29) is 0 Å². The van der Waals surface area contributed by atoms with Gasteiger partial charge in [0.15, 0.2) is 0 Å². The molecule has 2 heteroatoms. The SMILES string of the molecule is CC1CCOc2ccccc2COCC2=CC(C)(C)C2CC1. The van der Waals surface area contributed by atoms with E-state index < -0.39 is 0 Å². The first-order valence-corrected chi connectivity index (χ1v) is 8.56. The molecule has 1 aliphatic heterocycles. The van der Waals surface area contributed by atoms with E-state index in [9.17, 15) is 0 Å². The van der Waals surface area contributed by atoms with Gasteiger partial charge in [-0.05, 0) is 48.2 Å². The Hall–Kier alpha value is -1.28. The van der Waals surface area contributed by atoms with Gasteiger partial charge in [0.25, 0.3) is 0 Å². The zero-order valence-corrected chi connectivity index (χ0v) is 14.1. The summed E-state index contributed by atoms with van der Waals surface area (Å²) in [6.07, 6.45) is 6.08. The second-order valence-corrected chi connectivity index (χ2v) is 7.51. The minimum absolute atomic E-state index is 0.340. The lowest BCUT2D eigenvalue weighted by Gasteiger charge is -2.43. The standard InChI is InChI=1S/C20H28O2/c1-15-8-9-18-17(12-20(18,2)3)14-21-13-16-6-4-5-7-19(16)22-11-10-15/h4-7,12,15,18H,8-11,13-14H2,1-3H3. The van der Waals surface area contributed by atoms with Gasteiger partial charge in [0.05, 0.1) is 19.8 Å². The van der Waals surface area contributed by atoms with Crippen molar-refractivity contribution in [1.29, 1.82) is 0 Å². The largest absolute Gasteiger partial charge is 0.493 e. The summed E-state index contributed by atoms with van der Waals surface area (Å²) in [5.74, 6) is 2.38. The van der Waals surface area contributed by atoms with Crippen molar-refractivity contribution in [2.24, 2.45) is 17.3 Å². The van der Waals surface area contributed by atoms with Crippen molar-refractivity contribution in [2.75, 3.05) is 13.2 Å². The number of fused-ring (bicyclic) bond motifs is 2. The van der Waals surface area contributed by atoms with Crippen molar-refractivity contribution in [1.82, 2.24) is 0 Å². The van der Waals surface area contributed by atoms with Crippen LogP contribution in [0.2, 0.25) is 0 Å². The van der Waals surface area contributed by atoms with Crippen molar-refractivity contribution >= 4 is 0 Å². The van der Waals surface area contributed by atoms with E-state index in [4.69, 9.17) is 9.47 Å². The summed E-state index contributed by atoms with van der Waals surface area (Å²) in [6, 6.07) is 8.25. The van der Waals surface area contributed by atoms with Crippen LogP contribution < -0.4 is 4.74 Å². The maximum Gasteiger partial charge on any atom is 0.124 e. The molecule has 2 aliphatic rings. The van der Waals surface area contributed by atoms with E-state index in [2.05, 4.69) is 45.0 Å². The molecule has 0 N–H and O–H groups in total. The minimum atomic E-state index is 0.340. The number of benzene rings is 1. The Labute approximate surface area is 134 Å². The molecule has 0 bridgehead atoms. The quantitative estimate of drug-likeness (QED) is 0.629. The van der Waals surface area contributed by atoms with E-state index in [1.54, 1.807) is 0 Å². The van der Waals surface area contributed by atoms with E-state index in [1.165, 1.54) is 18.4 Å². The molecule has 120 valence electrons. The first-order chi connectivity index (χ1) is 10.6. The van der Waals surface area contributed by atoms with E-state index in [1.807, 2.05) is 6.07 Å². The highest BCUT2D eigenvalue weighted by molar-refractivity contribution is 5.33. The first kappa shape index (κ1) is 15.6. The van der Waals surface area contributed by atoms with Gasteiger partial charge < -0.3 is 9.47 Å². The lowest BCUT2D eigenvalue weighted by Crippen LogP contribution is -2.35. The predicted octanol–water partition coefficient (Wildman–Crippen LogP) is 4.98. The highest BCUT2D eigenvalue weighted by Crippen LogP contribution is 2.47. The molecule has 2 atom stereocenters. The third-order valence-electron chi connectivity index (χ3n) is 5.22. The predicted molar refractivity (Wildman–Crippen MR) is 90.0 cm³/mol. The Morgan fingerprint density at radius 2 is 1.86 bits per heavy atom. The van der Waals surface area contributed by atoms with Crippen LogP contribution >= 0.6 is 0 Å². The Bertz CT molecular complexity index is 544. The summed E-state index contributed by atoms with van der Waals surface area (Å²) in [7, 11) is 0. The molecule has 3 rings (SSSR count). The summed E-state index contributed by atoms with van der Waals surface area (Å²) in [5.41, 5.74) is 2.99. The van der Waals surface area contributed by atoms with Crippen LogP contribution in [-0.4, -0.2) is 13.2 Å². The van der Waals surface area contributed by atoms with Gasteiger partial charge in [0.2, 0.25) is 0 Å². The summed E-state index contributed by atoms with van der Waals surface area (Å²) < 4.78 is 12.0. The number of ether oxygens (including phenoxy) is 2. The van der Waals surface area contributed by atoms with E-state index in [0.717, 1.165) is 30.9 Å². The molecule has 1 aromatic carbocycles. The zero-order chi connectivity index (χ0) is 15.6. The van der Waals surface area contributed by atoms with Crippen molar-refractivity contribution in [3.05, 3.63) is 41.5 Å². The van der Waals surface area contributed by atoms with Crippen molar-refractivity contribution in [3.8, 4) is 5.75 Å². The number of hydrogen-bond acceptors (Lipinski definition) is 2. The molecule has 22 heavy (non-hydrogen) atoms. The molecule has 2 unspecified atom stereocenters. The molecule has 1 aromatic rings. The minimum Gasteiger partial charge on any atom is -0.493 e. The maximum absolute atomic E-state index is 5.99. The topological polar surface area (TPSA) is 18.5 Å². The normalized spacial score (nSPS) is 28.4. The van der Waals surface area contributed by atoms with Gasteiger partial charge in [-0.1, -0.05) is 45.0 Å². The van der Waals surface area contributed by atoms with Crippen LogP contribution in [0.5, 0.6) is 5.75 Å². The van der Waals surface area contributed by atoms with Crippen LogP contribution in [-0.2, 0) is 11.3 Å². The molecule has 0 fully saturated rings. The molecule has 1 heterocycles. The van der Waals surface area contributed by atoms with Gasteiger partial charge in [0, 0.05) is 5.56 Å². The molecule has 0 saturated heterocycles. The van der Waals surface area contributed by atoms with E-state index >= 15 is 0 Å². The van der Waals surface area contributed by atoms with Crippen LogP contribution in [0.25, 0.3) is 0 Å². The summed E-state index contributed by atoms with van der Waals surface area (Å²) in [4.78, 5) is 0. The molecular weight excluding hydrogens is 272 g/mol. The average Bonchev–Trinajstić information content (AvgIpc) is 2.48. The van der Waals surface area contributed by atoms with Gasteiger partial charge in [-0.2, -0.15) is 0 Å². The number of allylic oxidation sites excluding steroid dienone is 1. The third kappa shape index (κ3) is 3.38. The van der Waals surface area contributed by atoms with Crippen LogP contribution in [0.4, 0.5) is 0 Å². The van der Waals surface area contributed by atoms with Gasteiger partial charge in [-0.3, -0.25) is 0 Å². The molecule has 0 saturated carbocycles. The molecule has 2 nitrogen and oxygen atoms in total. The molecule has 1 aliphatic carbocycles. The lowest BCUT2D eigenvalue weighted by molar-refractivity contribution is 0.111. The lowest BCUT2D eigenvalue weighted by atomic mass is 9.62. The van der Waals surface area contributed by atoms with Gasteiger partial charge in [-0.15, -0.1) is 0 Å². The van der Waals surface area contributed by atoms with E-state index in [0.29, 0.717) is 23.9 Å².